The first kappa shape index (κ1) is 20.2. The molecule has 7 heteroatoms. The van der Waals surface area contributed by atoms with Crippen LogP contribution in [0.15, 0.2) is 36.4 Å². The van der Waals surface area contributed by atoms with Crippen LogP contribution in [0, 0.1) is 0 Å². The van der Waals surface area contributed by atoms with Gasteiger partial charge in [-0.3, -0.25) is 0 Å². The lowest BCUT2D eigenvalue weighted by atomic mass is 9.91. The highest BCUT2D eigenvalue weighted by Crippen LogP contribution is 2.32. The maximum absolute atomic E-state index is 12.5. The van der Waals surface area contributed by atoms with Gasteiger partial charge in [-0.1, -0.05) is 25.1 Å². The minimum Gasteiger partial charge on any atom is -0.462 e. The van der Waals surface area contributed by atoms with Gasteiger partial charge in [0.15, 0.2) is 5.11 Å². The number of ether oxygens (including phenoxy) is 2. The minimum atomic E-state index is -0.438. The molecule has 2 heterocycles. The molecule has 1 aromatic carbocycles. The highest BCUT2D eigenvalue weighted by molar-refractivity contribution is 7.80. The molecule has 2 aromatic rings. The summed E-state index contributed by atoms with van der Waals surface area (Å²) < 4.78 is 11.2. The fraction of sp³-hybridized carbons (Fsp3) is 0.381. The molecule has 0 spiro atoms. The van der Waals surface area contributed by atoms with Gasteiger partial charge in [0.1, 0.15) is 11.4 Å². The van der Waals surface area contributed by atoms with Gasteiger partial charge < -0.3 is 20.1 Å². The van der Waals surface area contributed by atoms with Crippen molar-refractivity contribution in [3.63, 3.8) is 0 Å². The molecule has 0 amide bonds. The summed E-state index contributed by atoms with van der Waals surface area (Å²) in [6, 6.07) is 11.4. The molecule has 0 radical (unpaired) electrons. The lowest BCUT2D eigenvalue weighted by Gasteiger charge is -2.34. The van der Waals surface area contributed by atoms with Crippen LogP contribution in [-0.4, -0.2) is 28.3 Å². The number of para-hydroxylation sites is 1. The fourth-order valence-electron chi connectivity index (χ4n) is 3.01. The van der Waals surface area contributed by atoms with Gasteiger partial charge in [-0.25, -0.2) is 9.78 Å². The summed E-state index contributed by atoms with van der Waals surface area (Å²) in [5.41, 5.74) is 2.75. The van der Waals surface area contributed by atoms with E-state index in [0.717, 1.165) is 23.4 Å². The zero-order valence-corrected chi connectivity index (χ0v) is 17.2. The van der Waals surface area contributed by atoms with Crippen LogP contribution in [-0.2, 0) is 22.5 Å². The number of nitrogens with zero attached hydrogens (tertiary/aromatic N) is 1. The van der Waals surface area contributed by atoms with E-state index in [0.29, 0.717) is 29.5 Å². The van der Waals surface area contributed by atoms with Crippen molar-refractivity contribution in [3.05, 3.63) is 53.2 Å². The zero-order chi connectivity index (χ0) is 20.1. The number of anilines is 2. The molecular formula is C21H25N3O3S. The summed E-state index contributed by atoms with van der Waals surface area (Å²) in [5.74, 6) is -0.0439. The van der Waals surface area contributed by atoms with Crippen LogP contribution in [0.3, 0.4) is 0 Å². The van der Waals surface area contributed by atoms with Crippen LogP contribution in [0.25, 0.3) is 0 Å². The average molecular weight is 400 g/mol. The van der Waals surface area contributed by atoms with E-state index in [2.05, 4.69) is 24.5 Å². The molecular weight excluding hydrogens is 374 g/mol. The molecule has 0 saturated carbocycles. The average Bonchev–Trinajstić information content (AvgIpc) is 2.68. The molecule has 1 atom stereocenters. The van der Waals surface area contributed by atoms with Crippen LogP contribution < -0.4 is 10.6 Å². The quantitative estimate of drug-likeness (QED) is 0.573. The van der Waals surface area contributed by atoms with E-state index in [9.17, 15) is 4.79 Å². The summed E-state index contributed by atoms with van der Waals surface area (Å²) >= 11 is 5.41. The summed E-state index contributed by atoms with van der Waals surface area (Å²) in [7, 11) is 0. The zero-order valence-electron chi connectivity index (χ0n) is 16.4. The Morgan fingerprint density at radius 3 is 2.71 bits per heavy atom. The predicted molar refractivity (Wildman–Crippen MR) is 114 cm³/mol. The number of aromatic nitrogens is 1. The number of esters is 1. The highest BCUT2D eigenvalue weighted by atomic mass is 32.1. The Labute approximate surface area is 170 Å². The van der Waals surface area contributed by atoms with Gasteiger partial charge in [-0.15, -0.1) is 0 Å². The first-order valence-electron chi connectivity index (χ1n) is 9.41. The maximum atomic E-state index is 12.5. The second-order valence-corrected chi connectivity index (χ2v) is 7.33. The number of nitrogens with one attached hydrogen (secondary N) is 2. The van der Waals surface area contributed by atoms with Crippen molar-refractivity contribution in [2.24, 2.45) is 0 Å². The van der Waals surface area contributed by atoms with Crippen molar-refractivity contribution in [1.82, 2.24) is 4.98 Å². The molecule has 0 aliphatic carbocycles. The van der Waals surface area contributed by atoms with Crippen LogP contribution >= 0.6 is 12.2 Å². The summed E-state index contributed by atoms with van der Waals surface area (Å²) in [5, 5.41) is 6.52. The molecule has 0 saturated heterocycles. The van der Waals surface area contributed by atoms with E-state index in [1.807, 2.05) is 30.3 Å². The normalized spacial score (nSPS) is 18.1. The number of rotatable bonds is 5. The number of carbonyl (C=O) groups is 1. The van der Waals surface area contributed by atoms with Crippen molar-refractivity contribution >= 4 is 34.8 Å². The Hall–Kier alpha value is -2.51. The number of pyridine rings is 1. The standard InChI is InChI=1S/C21H25N3O3S/c1-4-21(3)12-17-14(13-27-21)11-16(19(25)26-5-2)18(23-17)24-20(28)22-15-9-7-6-8-10-15/h6-11H,4-5,12-13H2,1-3H3,(H2,22,23,24,28)/t21-/m1/s1. The smallest absolute Gasteiger partial charge is 0.341 e. The molecule has 28 heavy (non-hydrogen) atoms. The third kappa shape index (κ3) is 4.66. The van der Waals surface area contributed by atoms with Crippen molar-refractivity contribution in [2.75, 3.05) is 17.2 Å². The Bertz CT molecular complexity index is 873. The van der Waals surface area contributed by atoms with E-state index in [1.54, 1.807) is 13.0 Å². The van der Waals surface area contributed by atoms with E-state index in [1.165, 1.54) is 0 Å². The third-order valence-corrected chi connectivity index (χ3v) is 5.02. The topological polar surface area (TPSA) is 72.5 Å². The molecule has 148 valence electrons. The molecule has 6 nitrogen and oxygen atoms in total. The monoisotopic (exact) mass is 399 g/mol. The van der Waals surface area contributed by atoms with Crippen LogP contribution in [0.2, 0.25) is 0 Å². The molecule has 1 aliphatic rings. The number of hydrogen-bond donors (Lipinski definition) is 2. The lowest BCUT2D eigenvalue weighted by Crippen LogP contribution is -2.35. The van der Waals surface area contributed by atoms with Gasteiger partial charge in [0.2, 0.25) is 0 Å². The lowest BCUT2D eigenvalue weighted by molar-refractivity contribution is -0.0574. The molecule has 3 rings (SSSR count). The minimum absolute atomic E-state index is 0.258. The van der Waals surface area contributed by atoms with Gasteiger partial charge in [0.05, 0.1) is 24.5 Å². The fourth-order valence-corrected chi connectivity index (χ4v) is 3.22. The highest BCUT2D eigenvalue weighted by Gasteiger charge is 2.32. The van der Waals surface area contributed by atoms with E-state index < -0.39 is 5.97 Å². The van der Waals surface area contributed by atoms with Gasteiger partial charge in [-0.05, 0) is 50.7 Å². The van der Waals surface area contributed by atoms with Crippen molar-refractivity contribution in [2.45, 2.75) is 45.8 Å². The summed E-state index contributed by atoms with van der Waals surface area (Å²) in [6.45, 7) is 6.65. The van der Waals surface area contributed by atoms with Crippen molar-refractivity contribution in [1.29, 1.82) is 0 Å². The summed E-state index contributed by atoms with van der Waals surface area (Å²) in [4.78, 5) is 17.2. The maximum Gasteiger partial charge on any atom is 0.341 e. The Balaban J connectivity index is 1.89. The molecule has 1 aliphatic heterocycles. The molecule has 0 bridgehead atoms. The van der Waals surface area contributed by atoms with Gasteiger partial charge >= 0.3 is 5.97 Å². The Kier molecular flexibility index (Phi) is 6.26. The van der Waals surface area contributed by atoms with Gasteiger partial charge in [0, 0.05) is 17.7 Å². The molecule has 1 aromatic heterocycles. The number of carbonyl (C=O) groups excluding carboxylic acids is 1. The molecule has 0 fully saturated rings. The number of hydrogen-bond acceptors (Lipinski definition) is 5. The van der Waals surface area contributed by atoms with E-state index in [4.69, 9.17) is 26.7 Å². The molecule has 0 unspecified atom stereocenters. The third-order valence-electron chi connectivity index (χ3n) is 4.82. The largest absolute Gasteiger partial charge is 0.462 e. The van der Waals surface area contributed by atoms with Crippen LogP contribution in [0.5, 0.6) is 0 Å². The second-order valence-electron chi connectivity index (χ2n) is 6.92. The van der Waals surface area contributed by atoms with Crippen LogP contribution in [0.4, 0.5) is 11.5 Å². The Morgan fingerprint density at radius 1 is 1.29 bits per heavy atom. The van der Waals surface area contributed by atoms with E-state index in [-0.39, 0.29) is 12.2 Å². The van der Waals surface area contributed by atoms with Gasteiger partial charge in [0.25, 0.3) is 0 Å². The van der Waals surface area contributed by atoms with Crippen molar-refractivity contribution in [3.8, 4) is 0 Å². The first-order valence-corrected chi connectivity index (χ1v) is 9.82. The number of fused-ring (bicyclic) bond motifs is 1. The number of benzene rings is 1. The predicted octanol–water partition coefficient (Wildman–Crippen LogP) is 4.31. The van der Waals surface area contributed by atoms with Crippen LogP contribution in [0.1, 0.15) is 48.8 Å². The summed E-state index contributed by atoms with van der Waals surface area (Å²) in [6.07, 6.45) is 1.56. The first-order chi connectivity index (χ1) is 13.4. The SMILES string of the molecule is CCOC(=O)c1cc2c(nc1NC(=S)Nc1ccccc1)C[C@@](C)(CC)OC2. The van der Waals surface area contributed by atoms with Gasteiger partial charge in [-0.2, -0.15) is 0 Å². The Morgan fingerprint density at radius 2 is 2.04 bits per heavy atom. The van der Waals surface area contributed by atoms with E-state index >= 15 is 0 Å². The molecule has 2 N–H and O–H groups in total. The van der Waals surface area contributed by atoms with Crippen molar-refractivity contribution < 1.29 is 14.3 Å². The number of thiocarbonyl (C=S) groups is 1. The second kappa shape index (κ2) is 8.67.